The van der Waals surface area contributed by atoms with E-state index in [9.17, 15) is 9.59 Å². The third-order valence-electron chi connectivity index (χ3n) is 2.33. The number of hydrogen-bond acceptors (Lipinski definition) is 4. The molecule has 0 bridgehead atoms. The van der Waals surface area contributed by atoms with Crippen molar-refractivity contribution in [2.75, 3.05) is 13.2 Å². The Bertz CT molecular complexity index is 546. The van der Waals surface area contributed by atoms with Gasteiger partial charge < -0.3 is 19.9 Å². The van der Waals surface area contributed by atoms with E-state index in [1.54, 1.807) is 51.1 Å². The van der Waals surface area contributed by atoms with E-state index < -0.39 is 24.3 Å². The van der Waals surface area contributed by atoms with E-state index in [1.807, 2.05) is 6.07 Å². The Hall–Kier alpha value is -2.50. The minimum Gasteiger partial charge on any atom is -0.481 e. The number of carboxylic acid groups (broad SMARTS) is 1. The van der Waals surface area contributed by atoms with E-state index in [0.29, 0.717) is 12.3 Å². The van der Waals surface area contributed by atoms with Crippen LogP contribution in [0.2, 0.25) is 0 Å². The van der Waals surface area contributed by atoms with Gasteiger partial charge in [-0.2, -0.15) is 0 Å². The van der Waals surface area contributed by atoms with Crippen LogP contribution in [0.4, 0.5) is 4.79 Å². The highest BCUT2D eigenvalue weighted by molar-refractivity contribution is 5.69. The number of hydrogen-bond donors (Lipinski definition) is 2. The van der Waals surface area contributed by atoms with Crippen molar-refractivity contribution in [3.63, 3.8) is 0 Å². The van der Waals surface area contributed by atoms with Crippen molar-refractivity contribution < 1.29 is 24.2 Å². The Balaban J connectivity index is 2.52. The topological polar surface area (TPSA) is 84.9 Å². The molecule has 1 amide bonds. The van der Waals surface area contributed by atoms with Crippen molar-refractivity contribution in [1.82, 2.24) is 5.32 Å². The Morgan fingerprint density at radius 1 is 1.27 bits per heavy atom. The minimum atomic E-state index is -1.04. The summed E-state index contributed by atoms with van der Waals surface area (Å²) in [5.41, 5.74) is 0.195. The van der Waals surface area contributed by atoms with Crippen LogP contribution in [-0.4, -0.2) is 35.9 Å². The molecule has 0 heterocycles. The van der Waals surface area contributed by atoms with Gasteiger partial charge in [-0.1, -0.05) is 30.4 Å². The zero-order valence-corrected chi connectivity index (χ0v) is 13.0. The number of carboxylic acids is 1. The predicted molar refractivity (Wildman–Crippen MR) is 82.8 cm³/mol. The molecular formula is C16H21NO5. The van der Waals surface area contributed by atoms with Crippen LogP contribution in [0.1, 0.15) is 26.3 Å². The fourth-order valence-corrected chi connectivity index (χ4v) is 1.53. The van der Waals surface area contributed by atoms with Gasteiger partial charge in [0.05, 0.1) is 0 Å². The van der Waals surface area contributed by atoms with Crippen LogP contribution in [0.5, 0.6) is 5.75 Å². The molecule has 0 radical (unpaired) electrons. The van der Waals surface area contributed by atoms with Gasteiger partial charge in [0.15, 0.2) is 6.61 Å². The van der Waals surface area contributed by atoms with E-state index in [0.717, 1.165) is 5.56 Å². The highest BCUT2D eigenvalue weighted by Crippen LogP contribution is 2.19. The lowest BCUT2D eigenvalue weighted by Gasteiger charge is -2.19. The van der Waals surface area contributed by atoms with Crippen molar-refractivity contribution in [3.8, 4) is 5.75 Å². The van der Waals surface area contributed by atoms with Crippen LogP contribution < -0.4 is 10.1 Å². The molecule has 0 spiro atoms. The van der Waals surface area contributed by atoms with Crippen LogP contribution in [0, 0.1) is 0 Å². The van der Waals surface area contributed by atoms with Crippen molar-refractivity contribution >= 4 is 18.1 Å². The summed E-state index contributed by atoms with van der Waals surface area (Å²) in [6.07, 6.45) is 2.98. The molecule has 6 nitrogen and oxygen atoms in total. The summed E-state index contributed by atoms with van der Waals surface area (Å²) in [6.45, 7) is 5.26. The second-order valence-electron chi connectivity index (χ2n) is 5.51. The molecule has 0 unspecified atom stereocenters. The number of benzene rings is 1. The van der Waals surface area contributed by atoms with E-state index in [2.05, 4.69) is 5.32 Å². The minimum absolute atomic E-state index is 0.294. The van der Waals surface area contributed by atoms with Gasteiger partial charge in [-0.3, -0.25) is 0 Å². The van der Waals surface area contributed by atoms with E-state index in [4.69, 9.17) is 14.6 Å². The summed E-state index contributed by atoms with van der Waals surface area (Å²) < 4.78 is 10.3. The molecule has 0 saturated carbocycles. The van der Waals surface area contributed by atoms with Gasteiger partial charge in [0.1, 0.15) is 11.4 Å². The van der Waals surface area contributed by atoms with Crippen molar-refractivity contribution in [2.24, 2.45) is 0 Å². The monoisotopic (exact) mass is 307 g/mol. The molecule has 1 aromatic rings. The van der Waals surface area contributed by atoms with Gasteiger partial charge in [-0.25, -0.2) is 9.59 Å². The molecule has 22 heavy (non-hydrogen) atoms. The summed E-state index contributed by atoms with van der Waals surface area (Å²) in [5, 5.41) is 11.2. The highest BCUT2D eigenvalue weighted by Gasteiger charge is 2.14. The van der Waals surface area contributed by atoms with Gasteiger partial charge in [0.2, 0.25) is 0 Å². The molecule has 0 aliphatic rings. The average molecular weight is 307 g/mol. The first-order valence-corrected chi connectivity index (χ1v) is 6.85. The first-order chi connectivity index (χ1) is 10.3. The molecule has 6 heteroatoms. The molecule has 120 valence electrons. The quantitative estimate of drug-likeness (QED) is 0.844. The lowest BCUT2D eigenvalue weighted by Crippen LogP contribution is -2.32. The first kappa shape index (κ1) is 17.6. The van der Waals surface area contributed by atoms with Gasteiger partial charge in [0, 0.05) is 12.1 Å². The fraction of sp³-hybridized carbons (Fsp3) is 0.375. The maximum atomic E-state index is 11.5. The largest absolute Gasteiger partial charge is 0.481 e. The third kappa shape index (κ3) is 7.33. The zero-order valence-electron chi connectivity index (χ0n) is 13.0. The SMILES string of the molecule is CC(C)(C)OC(=O)NCC=Cc1ccccc1OCC(=O)O. The van der Waals surface area contributed by atoms with Gasteiger partial charge in [-0.15, -0.1) is 0 Å². The molecule has 0 aromatic heterocycles. The second-order valence-corrected chi connectivity index (χ2v) is 5.51. The van der Waals surface area contributed by atoms with Crippen molar-refractivity contribution in [2.45, 2.75) is 26.4 Å². The van der Waals surface area contributed by atoms with E-state index >= 15 is 0 Å². The van der Waals surface area contributed by atoms with Crippen molar-refractivity contribution in [1.29, 1.82) is 0 Å². The Morgan fingerprint density at radius 3 is 2.59 bits per heavy atom. The molecule has 0 fully saturated rings. The molecule has 1 aromatic carbocycles. The first-order valence-electron chi connectivity index (χ1n) is 6.85. The van der Waals surface area contributed by atoms with Crippen LogP contribution in [0.25, 0.3) is 6.08 Å². The molecule has 0 saturated heterocycles. The molecule has 0 aliphatic carbocycles. The maximum Gasteiger partial charge on any atom is 0.407 e. The van der Waals surface area contributed by atoms with E-state index in [-0.39, 0.29) is 0 Å². The standard InChI is InChI=1S/C16H21NO5/c1-16(2,3)22-15(20)17-10-6-8-12-7-4-5-9-13(12)21-11-14(18)19/h4-9H,10-11H2,1-3H3,(H,17,20)(H,18,19). The number of carbonyl (C=O) groups is 2. The van der Waals surface area contributed by atoms with Gasteiger partial charge in [-0.05, 0) is 26.8 Å². The average Bonchev–Trinajstić information content (AvgIpc) is 2.40. The second kappa shape index (κ2) is 8.07. The summed E-state index contributed by atoms with van der Waals surface area (Å²) in [7, 11) is 0. The highest BCUT2D eigenvalue weighted by atomic mass is 16.6. The number of nitrogens with one attached hydrogen (secondary N) is 1. The molecular weight excluding hydrogens is 286 g/mol. The molecule has 1 rings (SSSR count). The number of amides is 1. The zero-order chi connectivity index (χ0) is 16.6. The Morgan fingerprint density at radius 2 is 1.95 bits per heavy atom. The van der Waals surface area contributed by atoms with Crippen LogP contribution in [0.15, 0.2) is 30.3 Å². The van der Waals surface area contributed by atoms with Crippen molar-refractivity contribution in [3.05, 3.63) is 35.9 Å². The lowest BCUT2D eigenvalue weighted by atomic mass is 10.2. The number of carbonyl (C=O) groups excluding carboxylic acids is 1. The summed E-state index contributed by atoms with van der Waals surface area (Å²) in [5.74, 6) is -0.566. The van der Waals surface area contributed by atoms with E-state index in [1.165, 1.54) is 0 Å². The summed E-state index contributed by atoms with van der Waals surface area (Å²) in [6, 6.07) is 7.05. The molecule has 2 N–H and O–H groups in total. The number of ether oxygens (including phenoxy) is 2. The number of aliphatic carboxylic acids is 1. The smallest absolute Gasteiger partial charge is 0.407 e. The predicted octanol–water partition coefficient (Wildman–Crippen LogP) is 2.69. The lowest BCUT2D eigenvalue weighted by molar-refractivity contribution is -0.139. The normalized spacial score (nSPS) is 11.2. The third-order valence-corrected chi connectivity index (χ3v) is 2.33. The van der Waals surface area contributed by atoms with Crippen LogP contribution >= 0.6 is 0 Å². The van der Waals surface area contributed by atoms with Gasteiger partial charge >= 0.3 is 12.1 Å². The molecule has 0 aliphatic heterocycles. The Kier molecular flexibility index (Phi) is 6.44. The number of para-hydroxylation sites is 1. The van der Waals surface area contributed by atoms with Gasteiger partial charge in [0.25, 0.3) is 0 Å². The number of alkyl carbamates (subject to hydrolysis) is 1. The Labute approximate surface area is 129 Å². The van der Waals surface area contributed by atoms with Crippen LogP contribution in [-0.2, 0) is 9.53 Å². The van der Waals surface area contributed by atoms with Crippen LogP contribution in [0.3, 0.4) is 0 Å². The number of rotatable bonds is 6. The summed E-state index contributed by atoms with van der Waals surface area (Å²) >= 11 is 0. The molecule has 0 atom stereocenters. The fourth-order valence-electron chi connectivity index (χ4n) is 1.53. The summed E-state index contributed by atoms with van der Waals surface area (Å²) in [4.78, 5) is 22.0. The maximum absolute atomic E-state index is 11.5.